The highest BCUT2D eigenvalue weighted by atomic mass is 16.5. The fourth-order valence-electron chi connectivity index (χ4n) is 2.83. The lowest BCUT2D eigenvalue weighted by Gasteiger charge is -2.19. The molecule has 0 saturated heterocycles. The third-order valence-electron chi connectivity index (χ3n) is 4.46. The lowest BCUT2D eigenvalue weighted by Crippen LogP contribution is -2.23. The molecule has 0 aliphatic carbocycles. The summed E-state index contributed by atoms with van der Waals surface area (Å²) in [6.07, 6.45) is 1.61. The first-order valence-corrected chi connectivity index (χ1v) is 9.48. The summed E-state index contributed by atoms with van der Waals surface area (Å²) in [6, 6.07) is 21.0. The number of amides is 1. The van der Waals surface area contributed by atoms with Gasteiger partial charge in [-0.15, -0.1) is 0 Å². The molecule has 0 aliphatic heterocycles. The molecule has 1 N–H and O–H groups in total. The Kier molecular flexibility index (Phi) is 6.63. The zero-order valence-electron chi connectivity index (χ0n) is 16.3. The van der Waals surface area contributed by atoms with Gasteiger partial charge in [-0.1, -0.05) is 30.3 Å². The largest absolute Gasteiger partial charge is 0.489 e. The minimum atomic E-state index is -0.184. The van der Waals surface area contributed by atoms with E-state index < -0.39 is 0 Å². The van der Waals surface area contributed by atoms with Crippen LogP contribution in [-0.4, -0.2) is 24.0 Å². The molecule has 5 nitrogen and oxygen atoms in total. The number of hydrogen-bond acceptors (Lipinski definition) is 4. The fourth-order valence-corrected chi connectivity index (χ4v) is 2.83. The van der Waals surface area contributed by atoms with Crippen molar-refractivity contribution in [2.45, 2.75) is 20.5 Å². The molecule has 1 heterocycles. The smallest absolute Gasteiger partial charge is 0.257 e. The van der Waals surface area contributed by atoms with Crippen LogP contribution in [0.1, 0.15) is 29.8 Å². The molecule has 0 bridgehead atoms. The lowest BCUT2D eigenvalue weighted by molar-refractivity contribution is 0.102. The van der Waals surface area contributed by atoms with Gasteiger partial charge in [-0.05, 0) is 55.8 Å². The Morgan fingerprint density at radius 2 is 1.68 bits per heavy atom. The average Bonchev–Trinajstić information content (AvgIpc) is 2.75. The van der Waals surface area contributed by atoms with E-state index in [0.717, 1.165) is 30.2 Å². The van der Waals surface area contributed by atoms with Crippen molar-refractivity contribution >= 4 is 17.4 Å². The summed E-state index contributed by atoms with van der Waals surface area (Å²) in [4.78, 5) is 19.0. The van der Waals surface area contributed by atoms with Gasteiger partial charge in [0.25, 0.3) is 5.91 Å². The Labute approximate surface area is 166 Å². The van der Waals surface area contributed by atoms with Crippen LogP contribution in [-0.2, 0) is 6.61 Å². The van der Waals surface area contributed by atoms with Gasteiger partial charge < -0.3 is 15.0 Å². The number of anilines is 2. The molecular formula is C23H25N3O2. The van der Waals surface area contributed by atoms with Gasteiger partial charge in [0, 0.05) is 25.0 Å². The van der Waals surface area contributed by atoms with E-state index >= 15 is 0 Å². The summed E-state index contributed by atoms with van der Waals surface area (Å²) < 4.78 is 5.77. The summed E-state index contributed by atoms with van der Waals surface area (Å²) in [7, 11) is 0. The van der Waals surface area contributed by atoms with Crippen molar-refractivity contribution in [1.82, 2.24) is 4.98 Å². The number of ether oxygens (including phenoxy) is 1. The Bertz CT molecular complexity index is 874. The van der Waals surface area contributed by atoms with E-state index in [4.69, 9.17) is 4.74 Å². The first-order chi connectivity index (χ1) is 13.7. The Hall–Kier alpha value is -3.34. The van der Waals surface area contributed by atoms with Crippen LogP contribution < -0.4 is 15.0 Å². The monoisotopic (exact) mass is 375 g/mol. The minimum absolute atomic E-state index is 0.184. The van der Waals surface area contributed by atoms with Gasteiger partial charge in [-0.2, -0.15) is 0 Å². The molecule has 3 rings (SSSR count). The van der Waals surface area contributed by atoms with E-state index in [2.05, 4.69) is 29.0 Å². The Morgan fingerprint density at radius 3 is 2.29 bits per heavy atom. The highest BCUT2D eigenvalue weighted by Gasteiger charge is 2.09. The molecule has 1 amide bonds. The molecule has 0 aliphatic rings. The number of nitrogens with zero attached hydrogens (tertiary/aromatic N) is 2. The number of nitrogens with one attached hydrogen (secondary N) is 1. The first kappa shape index (κ1) is 19.4. The molecular weight excluding hydrogens is 350 g/mol. The maximum absolute atomic E-state index is 12.4. The third-order valence-corrected chi connectivity index (χ3v) is 4.46. The van der Waals surface area contributed by atoms with Gasteiger partial charge in [0.1, 0.15) is 18.2 Å². The van der Waals surface area contributed by atoms with E-state index in [1.807, 2.05) is 60.7 Å². The molecule has 144 valence electrons. The molecule has 0 spiro atoms. The first-order valence-electron chi connectivity index (χ1n) is 9.48. The standard InChI is InChI=1S/C23H25N3O2/c1-3-26(4-2)22-15-10-19(16-24-22)23(27)25-20-11-13-21(14-12-20)28-17-18-8-6-5-7-9-18/h5-16H,3-4,17H2,1-2H3,(H,25,27). The number of pyridine rings is 1. The third kappa shape index (κ3) is 5.10. The van der Waals surface area contributed by atoms with Crippen LogP contribution in [0, 0.1) is 0 Å². The normalized spacial score (nSPS) is 10.4. The molecule has 1 aromatic heterocycles. The quantitative estimate of drug-likeness (QED) is 0.617. The topological polar surface area (TPSA) is 54.5 Å². The molecule has 5 heteroatoms. The second-order valence-electron chi connectivity index (χ2n) is 6.33. The van der Waals surface area contributed by atoms with Crippen molar-refractivity contribution < 1.29 is 9.53 Å². The van der Waals surface area contributed by atoms with Crippen LogP contribution >= 0.6 is 0 Å². The van der Waals surface area contributed by atoms with Crippen molar-refractivity contribution in [2.75, 3.05) is 23.3 Å². The summed E-state index contributed by atoms with van der Waals surface area (Å²) >= 11 is 0. The molecule has 0 saturated carbocycles. The molecule has 28 heavy (non-hydrogen) atoms. The van der Waals surface area contributed by atoms with E-state index in [1.54, 1.807) is 12.3 Å². The predicted molar refractivity (Wildman–Crippen MR) is 113 cm³/mol. The molecule has 0 atom stereocenters. The van der Waals surface area contributed by atoms with Gasteiger partial charge in [0.05, 0.1) is 5.56 Å². The van der Waals surface area contributed by atoms with Crippen LogP contribution in [0.4, 0.5) is 11.5 Å². The summed E-state index contributed by atoms with van der Waals surface area (Å²) in [5.41, 5.74) is 2.35. The highest BCUT2D eigenvalue weighted by Crippen LogP contribution is 2.18. The average molecular weight is 375 g/mol. The zero-order valence-corrected chi connectivity index (χ0v) is 16.3. The van der Waals surface area contributed by atoms with Crippen molar-refractivity contribution in [2.24, 2.45) is 0 Å². The van der Waals surface area contributed by atoms with E-state index in [-0.39, 0.29) is 5.91 Å². The zero-order chi connectivity index (χ0) is 19.8. The molecule has 2 aromatic carbocycles. The Balaban J connectivity index is 1.56. The molecule has 0 radical (unpaired) electrons. The van der Waals surface area contributed by atoms with E-state index in [9.17, 15) is 4.79 Å². The van der Waals surface area contributed by atoms with Crippen molar-refractivity contribution in [3.05, 3.63) is 84.1 Å². The maximum Gasteiger partial charge on any atom is 0.257 e. The van der Waals surface area contributed by atoms with Crippen LogP contribution in [0.25, 0.3) is 0 Å². The van der Waals surface area contributed by atoms with Crippen LogP contribution in [0.3, 0.4) is 0 Å². The summed E-state index contributed by atoms with van der Waals surface area (Å²) in [6.45, 7) is 6.44. The number of carbonyl (C=O) groups is 1. The SMILES string of the molecule is CCN(CC)c1ccc(C(=O)Nc2ccc(OCc3ccccc3)cc2)cn1. The number of aromatic nitrogens is 1. The van der Waals surface area contributed by atoms with Crippen LogP contribution in [0.5, 0.6) is 5.75 Å². The molecule has 0 unspecified atom stereocenters. The van der Waals surface area contributed by atoms with Crippen molar-refractivity contribution in [3.8, 4) is 5.75 Å². The maximum atomic E-state index is 12.4. The van der Waals surface area contributed by atoms with E-state index in [1.165, 1.54) is 0 Å². The lowest BCUT2D eigenvalue weighted by atomic mass is 10.2. The molecule has 3 aromatic rings. The van der Waals surface area contributed by atoms with Crippen LogP contribution in [0.15, 0.2) is 72.9 Å². The summed E-state index contributed by atoms with van der Waals surface area (Å²) in [5, 5.41) is 2.89. The van der Waals surface area contributed by atoms with Gasteiger partial charge in [-0.3, -0.25) is 4.79 Å². The second kappa shape index (κ2) is 9.55. The van der Waals surface area contributed by atoms with Crippen LogP contribution in [0.2, 0.25) is 0 Å². The van der Waals surface area contributed by atoms with Gasteiger partial charge in [-0.25, -0.2) is 4.98 Å². The fraction of sp³-hybridized carbons (Fsp3) is 0.217. The van der Waals surface area contributed by atoms with Gasteiger partial charge in [0.15, 0.2) is 0 Å². The molecule has 0 fully saturated rings. The number of carbonyl (C=O) groups excluding carboxylic acids is 1. The van der Waals surface area contributed by atoms with Gasteiger partial charge >= 0.3 is 0 Å². The highest BCUT2D eigenvalue weighted by molar-refractivity contribution is 6.04. The minimum Gasteiger partial charge on any atom is -0.489 e. The van der Waals surface area contributed by atoms with Crippen molar-refractivity contribution in [1.29, 1.82) is 0 Å². The predicted octanol–water partition coefficient (Wildman–Crippen LogP) is 4.76. The number of rotatable bonds is 8. The Morgan fingerprint density at radius 1 is 0.964 bits per heavy atom. The van der Waals surface area contributed by atoms with Gasteiger partial charge in [0.2, 0.25) is 0 Å². The van der Waals surface area contributed by atoms with Crippen molar-refractivity contribution in [3.63, 3.8) is 0 Å². The number of hydrogen-bond donors (Lipinski definition) is 1. The number of benzene rings is 2. The second-order valence-corrected chi connectivity index (χ2v) is 6.33. The summed E-state index contributed by atoms with van der Waals surface area (Å²) in [5.74, 6) is 1.45. The van der Waals surface area contributed by atoms with E-state index in [0.29, 0.717) is 17.9 Å².